The van der Waals surface area contributed by atoms with Crippen LogP contribution in [0, 0.1) is 5.92 Å². The number of rotatable bonds is 5. The Labute approximate surface area is 129 Å². The standard InChI is InChI=1S/C15H24N2O3S/c1-9(2)15(6,7-11(18)19)17-12(20)10-8-21-13(16-10)14(3,4)5/h8-9H,7H2,1-6H3,(H,17,20)(H,18,19). The summed E-state index contributed by atoms with van der Waals surface area (Å²) in [5.74, 6) is -1.25. The van der Waals surface area contributed by atoms with Crippen LogP contribution in [-0.4, -0.2) is 27.5 Å². The largest absolute Gasteiger partial charge is 0.481 e. The van der Waals surface area contributed by atoms with E-state index in [1.54, 1.807) is 12.3 Å². The van der Waals surface area contributed by atoms with Gasteiger partial charge in [-0.25, -0.2) is 4.98 Å². The molecule has 5 nitrogen and oxygen atoms in total. The van der Waals surface area contributed by atoms with E-state index < -0.39 is 11.5 Å². The third kappa shape index (κ3) is 4.52. The monoisotopic (exact) mass is 312 g/mol. The summed E-state index contributed by atoms with van der Waals surface area (Å²) in [7, 11) is 0. The predicted molar refractivity (Wildman–Crippen MR) is 83.8 cm³/mol. The van der Waals surface area contributed by atoms with Crippen LogP contribution >= 0.6 is 11.3 Å². The molecule has 1 atom stereocenters. The van der Waals surface area contributed by atoms with Crippen LogP contribution in [0.15, 0.2) is 5.38 Å². The van der Waals surface area contributed by atoms with Crippen molar-refractivity contribution in [2.24, 2.45) is 5.92 Å². The van der Waals surface area contributed by atoms with Gasteiger partial charge in [0.1, 0.15) is 5.69 Å². The SMILES string of the molecule is CC(C)C(C)(CC(=O)O)NC(=O)c1csc(C(C)(C)C)n1. The molecule has 1 aromatic heterocycles. The Balaban J connectivity index is 2.93. The topological polar surface area (TPSA) is 79.3 Å². The highest BCUT2D eigenvalue weighted by molar-refractivity contribution is 7.10. The molecule has 2 N–H and O–H groups in total. The fraction of sp³-hybridized carbons (Fsp3) is 0.667. The van der Waals surface area contributed by atoms with Gasteiger partial charge in [-0.2, -0.15) is 0 Å². The molecule has 0 saturated carbocycles. The average molecular weight is 312 g/mol. The molecule has 1 heterocycles. The first kappa shape index (κ1) is 17.6. The fourth-order valence-electron chi connectivity index (χ4n) is 1.75. The molecular weight excluding hydrogens is 288 g/mol. The van der Waals surface area contributed by atoms with Gasteiger partial charge in [0.15, 0.2) is 0 Å². The molecule has 0 fully saturated rings. The van der Waals surface area contributed by atoms with Crippen LogP contribution in [0.2, 0.25) is 0 Å². The maximum absolute atomic E-state index is 12.3. The van der Waals surface area contributed by atoms with E-state index in [2.05, 4.69) is 10.3 Å². The Hall–Kier alpha value is -1.43. The normalized spacial score (nSPS) is 14.8. The van der Waals surface area contributed by atoms with E-state index in [0.29, 0.717) is 5.69 Å². The summed E-state index contributed by atoms with van der Waals surface area (Å²) in [5.41, 5.74) is -0.553. The Kier molecular flexibility index (Phi) is 5.15. The molecule has 0 aliphatic carbocycles. The lowest BCUT2D eigenvalue weighted by Gasteiger charge is -2.33. The smallest absolute Gasteiger partial charge is 0.305 e. The predicted octanol–water partition coefficient (Wildman–Crippen LogP) is 3.06. The van der Waals surface area contributed by atoms with Gasteiger partial charge in [0.25, 0.3) is 5.91 Å². The molecular formula is C15H24N2O3S. The number of amides is 1. The van der Waals surface area contributed by atoms with E-state index in [0.717, 1.165) is 5.01 Å². The van der Waals surface area contributed by atoms with Crippen molar-refractivity contribution < 1.29 is 14.7 Å². The van der Waals surface area contributed by atoms with Crippen LogP contribution in [0.3, 0.4) is 0 Å². The van der Waals surface area contributed by atoms with Gasteiger partial charge in [-0.05, 0) is 12.8 Å². The molecule has 0 aliphatic rings. The lowest BCUT2D eigenvalue weighted by molar-refractivity contribution is -0.138. The van der Waals surface area contributed by atoms with Crippen molar-refractivity contribution >= 4 is 23.2 Å². The molecule has 21 heavy (non-hydrogen) atoms. The summed E-state index contributed by atoms with van der Waals surface area (Å²) < 4.78 is 0. The highest BCUT2D eigenvalue weighted by Crippen LogP contribution is 2.26. The van der Waals surface area contributed by atoms with Gasteiger partial charge >= 0.3 is 5.97 Å². The maximum Gasteiger partial charge on any atom is 0.305 e. The number of thiazole rings is 1. The quantitative estimate of drug-likeness (QED) is 0.875. The van der Waals surface area contributed by atoms with Crippen molar-refractivity contribution in [2.75, 3.05) is 0 Å². The van der Waals surface area contributed by atoms with Crippen molar-refractivity contribution in [3.05, 3.63) is 16.1 Å². The Morgan fingerprint density at radius 1 is 1.33 bits per heavy atom. The number of aliphatic carboxylic acids is 1. The molecule has 0 radical (unpaired) electrons. The van der Waals surface area contributed by atoms with Crippen LogP contribution < -0.4 is 5.32 Å². The minimum atomic E-state index is -0.930. The van der Waals surface area contributed by atoms with Gasteiger partial charge in [-0.15, -0.1) is 11.3 Å². The zero-order valence-corrected chi connectivity index (χ0v) is 14.3. The number of hydrogen-bond donors (Lipinski definition) is 2. The number of aromatic nitrogens is 1. The van der Waals surface area contributed by atoms with Crippen LogP contribution in [-0.2, 0) is 10.2 Å². The molecule has 0 aromatic carbocycles. The second kappa shape index (κ2) is 6.13. The second-order valence-electron chi connectivity index (χ2n) is 6.88. The van der Waals surface area contributed by atoms with Gasteiger partial charge in [-0.1, -0.05) is 34.6 Å². The highest BCUT2D eigenvalue weighted by Gasteiger charge is 2.34. The van der Waals surface area contributed by atoms with E-state index in [1.807, 2.05) is 34.6 Å². The first-order valence-electron chi connectivity index (χ1n) is 6.96. The Bertz CT molecular complexity index is 531. The first-order valence-corrected chi connectivity index (χ1v) is 7.84. The molecule has 118 valence electrons. The number of hydrogen-bond acceptors (Lipinski definition) is 4. The molecule has 1 aromatic rings. The minimum Gasteiger partial charge on any atom is -0.481 e. The summed E-state index contributed by atoms with van der Waals surface area (Å²) >= 11 is 1.44. The van der Waals surface area contributed by atoms with Crippen LogP contribution in [0.4, 0.5) is 0 Å². The summed E-state index contributed by atoms with van der Waals surface area (Å²) in [5, 5.41) is 14.5. The molecule has 0 aliphatic heterocycles. The Morgan fingerprint density at radius 2 is 1.90 bits per heavy atom. The van der Waals surface area contributed by atoms with Crippen LogP contribution in [0.25, 0.3) is 0 Å². The summed E-state index contributed by atoms with van der Waals surface area (Å²) in [6.07, 6.45) is -0.118. The van der Waals surface area contributed by atoms with Gasteiger partial charge in [0, 0.05) is 10.8 Å². The van der Waals surface area contributed by atoms with Crippen molar-refractivity contribution in [3.8, 4) is 0 Å². The molecule has 1 rings (SSSR count). The van der Waals surface area contributed by atoms with Crippen molar-refractivity contribution in [2.45, 2.75) is 58.9 Å². The zero-order valence-electron chi connectivity index (χ0n) is 13.5. The number of carbonyl (C=O) groups excluding carboxylic acids is 1. The van der Waals surface area contributed by atoms with Gasteiger partial charge in [0.2, 0.25) is 0 Å². The van der Waals surface area contributed by atoms with Gasteiger partial charge < -0.3 is 10.4 Å². The molecule has 0 saturated heterocycles. The van der Waals surface area contributed by atoms with E-state index >= 15 is 0 Å². The van der Waals surface area contributed by atoms with E-state index in [-0.39, 0.29) is 23.7 Å². The Morgan fingerprint density at radius 3 is 2.29 bits per heavy atom. The number of nitrogens with zero attached hydrogens (tertiary/aromatic N) is 1. The van der Waals surface area contributed by atoms with Crippen molar-refractivity contribution in [1.82, 2.24) is 10.3 Å². The third-order valence-electron chi connectivity index (χ3n) is 3.57. The van der Waals surface area contributed by atoms with Crippen molar-refractivity contribution in [3.63, 3.8) is 0 Å². The van der Waals surface area contributed by atoms with Gasteiger partial charge in [0.05, 0.1) is 17.0 Å². The molecule has 1 unspecified atom stereocenters. The van der Waals surface area contributed by atoms with E-state index in [1.165, 1.54) is 11.3 Å². The number of carboxylic acids is 1. The molecule has 0 spiro atoms. The van der Waals surface area contributed by atoms with Crippen LogP contribution in [0.5, 0.6) is 0 Å². The highest BCUT2D eigenvalue weighted by atomic mass is 32.1. The maximum atomic E-state index is 12.3. The molecule has 6 heteroatoms. The second-order valence-corrected chi connectivity index (χ2v) is 7.74. The van der Waals surface area contributed by atoms with Gasteiger partial charge in [-0.3, -0.25) is 9.59 Å². The van der Waals surface area contributed by atoms with E-state index in [9.17, 15) is 9.59 Å². The summed E-state index contributed by atoms with van der Waals surface area (Å²) in [6.45, 7) is 11.7. The van der Waals surface area contributed by atoms with E-state index in [4.69, 9.17) is 5.11 Å². The average Bonchev–Trinajstić information content (AvgIpc) is 2.75. The summed E-state index contributed by atoms with van der Waals surface area (Å²) in [6, 6.07) is 0. The fourth-order valence-corrected chi connectivity index (χ4v) is 2.64. The third-order valence-corrected chi connectivity index (χ3v) is 4.84. The van der Waals surface area contributed by atoms with Crippen LogP contribution in [0.1, 0.15) is 63.5 Å². The van der Waals surface area contributed by atoms with Crippen molar-refractivity contribution in [1.29, 1.82) is 0 Å². The minimum absolute atomic E-state index is 0.00160. The first-order chi connectivity index (χ1) is 9.45. The lowest BCUT2D eigenvalue weighted by atomic mass is 9.85. The number of carboxylic acid groups (broad SMARTS) is 1. The molecule has 0 bridgehead atoms. The number of carbonyl (C=O) groups is 2. The lowest BCUT2D eigenvalue weighted by Crippen LogP contribution is -2.51. The number of nitrogens with one attached hydrogen (secondary N) is 1. The zero-order chi connectivity index (χ0) is 16.4. The molecule has 1 amide bonds. The summed E-state index contributed by atoms with van der Waals surface area (Å²) in [4.78, 5) is 27.7.